The molecule has 0 radical (unpaired) electrons. The van der Waals surface area contributed by atoms with Crippen molar-refractivity contribution in [1.29, 1.82) is 0 Å². The van der Waals surface area contributed by atoms with Crippen molar-refractivity contribution in [2.45, 2.75) is 19.8 Å². The van der Waals surface area contributed by atoms with E-state index in [1.165, 1.54) is 0 Å². The molecule has 0 bridgehead atoms. The molecule has 0 atom stereocenters. The number of halogens is 1. The number of nitrogens with one attached hydrogen (secondary N) is 1. The largest absolute Gasteiger partial charge is 0.352 e. The third-order valence-corrected chi connectivity index (χ3v) is 3.99. The molecular weight excluding hydrogens is 338 g/mol. The van der Waals surface area contributed by atoms with Gasteiger partial charge in [0.15, 0.2) is 0 Å². The van der Waals surface area contributed by atoms with Crippen molar-refractivity contribution in [3.05, 3.63) is 70.6 Å². The van der Waals surface area contributed by atoms with Crippen molar-refractivity contribution in [2.24, 2.45) is 0 Å². The molecule has 1 aromatic heterocycles. The summed E-state index contributed by atoms with van der Waals surface area (Å²) in [5.41, 5.74) is 2.64. The van der Waals surface area contributed by atoms with Gasteiger partial charge in [-0.05, 0) is 49.7 Å². The lowest BCUT2D eigenvalue weighted by molar-refractivity contribution is 0.0953. The number of carbonyl (C=O) groups is 1. The first-order chi connectivity index (χ1) is 12.1. The Morgan fingerprint density at radius 1 is 1.12 bits per heavy atom. The molecule has 0 spiro atoms. The smallest absolute Gasteiger partial charge is 0.251 e. The molecule has 0 unspecified atom stereocenters. The third-order valence-electron chi connectivity index (χ3n) is 3.74. The van der Waals surface area contributed by atoms with Crippen LogP contribution >= 0.6 is 11.6 Å². The Bertz CT molecular complexity index is 842. The Kier molecular flexibility index (Phi) is 5.46. The molecule has 128 valence electrons. The second kappa shape index (κ2) is 7.94. The van der Waals surface area contributed by atoms with Gasteiger partial charge in [-0.15, -0.1) is 0 Å². The fourth-order valence-electron chi connectivity index (χ4n) is 2.32. The zero-order valence-electron chi connectivity index (χ0n) is 13.8. The van der Waals surface area contributed by atoms with E-state index >= 15 is 0 Å². The number of nitrogens with zero attached hydrogens (tertiary/aromatic N) is 2. The van der Waals surface area contributed by atoms with Crippen LogP contribution in [0.5, 0.6) is 0 Å². The molecule has 0 aliphatic carbocycles. The molecule has 25 heavy (non-hydrogen) atoms. The molecule has 2 aromatic carbocycles. The second-order valence-electron chi connectivity index (χ2n) is 5.74. The van der Waals surface area contributed by atoms with E-state index in [1.807, 2.05) is 43.3 Å². The first-order valence-corrected chi connectivity index (χ1v) is 8.43. The minimum Gasteiger partial charge on any atom is -0.352 e. The quantitative estimate of drug-likeness (QED) is 0.677. The second-order valence-corrected chi connectivity index (χ2v) is 6.18. The van der Waals surface area contributed by atoms with E-state index in [1.54, 1.807) is 12.1 Å². The SMILES string of the molecule is Cc1ccc(C(=O)NCCCc2nc(-c3ccc(Cl)cc3)no2)cc1. The Balaban J connectivity index is 1.47. The number of aryl methyl sites for hydroxylation is 2. The van der Waals surface area contributed by atoms with Crippen molar-refractivity contribution in [1.82, 2.24) is 15.5 Å². The average Bonchev–Trinajstić information content (AvgIpc) is 3.09. The van der Waals surface area contributed by atoms with Crippen LogP contribution in [0.4, 0.5) is 0 Å². The zero-order valence-corrected chi connectivity index (χ0v) is 14.6. The Morgan fingerprint density at radius 3 is 2.56 bits per heavy atom. The van der Waals surface area contributed by atoms with Crippen molar-refractivity contribution in [3.63, 3.8) is 0 Å². The van der Waals surface area contributed by atoms with Crippen molar-refractivity contribution >= 4 is 17.5 Å². The van der Waals surface area contributed by atoms with E-state index in [2.05, 4.69) is 15.5 Å². The number of aromatic nitrogens is 2. The van der Waals surface area contributed by atoms with Gasteiger partial charge in [0.2, 0.25) is 11.7 Å². The van der Waals surface area contributed by atoms with Crippen LogP contribution in [0.1, 0.15) is 28.2 Å². The molecular formula is C19H18ClN3O2. The summed E-state index contributed by atoms with van der Waals surface area (Å²) in [4.78, 5) is 16.4. The van der Waals surface area contributed by atoms with Crippen molar-refractivity contribution in [2.75, 3.05) is 6.54 Å². The van der Waals surface area contributed by atoms with Gasteiger partial charge in [-0.25, -0.2) is 0 Å². The summed E-state index contributed by atoms with van der Waals surface area (Å²) in [6.45, 7) is 2.54. The highest BCUT2D eigenvalue weighted by molar-refractivity contribution is 6.30. The molecule has 6 heteroatoms. The summed E-state index contributed by atoms with van der Waals surface area (Å²) in [6, 6.07) is 14.7. The number of carbonyl (C=O) groups excluding carboxylic acids is 1. The van der Waals surface area contributed by atoms with Crippen molar-refractivity contribution < 1.29 is 9.32 Å². The van der Waals surface area contributed by atoms with E-state index in [4.69, 9.17) is 16.1 Å². The Labute approximate surface area is 151 Å². The molecule has 0 aliphatic rings. The van der Waals surface area contributed by atoms with Crippen LogP contribution in [0.15, 0.2) is 53.1 Å². The number of amides is 1. The summed E-state index contributed by atoms with van der Waals surface area (Å²) in [6.07, 6.45) is 1.33. The van der Waals surface area contributed by atoms with Gasteiger partial charge in [0.05, 0.1) is 0 Å². The highest BCUT2D eigenvalue weighted by Gasteiger charge is 2.09. The van der Waals surface area contributed by atoms with Crippen LogP contribution in [0.25, 0.3) is 11.4 Å². The maximum absolute atomic E-state index is 12.0. The van der Waals surface area contributed by atoms with Crippen LogP contribution in [-0.4, -0.2) is 22.6 Å². The predicted octanol–water partition coefficient (Wildman–Crippen LogP) is 4.06. The zero-order chi connectivity index (χ0) is 17.6. The minimum absolute atomic E-state index is 0.0765. The topological polar surface area (TPSA) is 68.0 Å². The first kappa shape index (κ1) is 17.2. The summed E-state index contributed by atoms with van der Waals surface area (Å²) in [5, 5.41) is 7.52. The van der Waals surface area contributed by atoms with Crippen LogP contribution in [-0.2, 0) is 6.42 Å². The fraction of sp³-hybridized carbons (Fsp3) is 0.211. The number of hydrogen-bond acceptors (Lipinski definition) is 4. The molecule has 5 nitrogen and oxygen atoms in total. The van der Waals surface area contributed by atoms with E-state index in [0.29, 0.717) is 35.3 Å². The van der Waals surface area contributed by atoms with Gasteiger partial charge in [0, 0.05) is 29.1 Å². The standard InChI is InChI=1S/C19H18ClN3O2/c1-13-4-6-15(7-5-13)19(24)21-12-2-3-17-22-18(23-25-17)14-8-10-16(20)11-9-14/h4-11H,2-3,12H2,1H3,(H,21,24). The number of benzene rings is 2. The maximum atomic E-state index is 12.0. The molecule has 0 saturated heterocycles. The van der Waals surface area contributed by atoms with E-state index in [0.717, 1.165) is 17.5 Å². The van der Waals surface area contributed by atoms with Gasteiger partial charge in [0.1, 0.15) is 0 Å². The first-order valence-electron chi connectivity index (χ1n) is 8.05. The average molecular weight is 356 g/mol. The minimum atomic E-state index is -0.0765. The van der Waals surface area contributed by atoms with Crippen LogP contribution in [0.3, 0.4) is 0 Å². The van der Waals surface area contributed by atoms with Crippen molar-refractivity contribution in [3.8, 4) is 11.4 Å². The highest BCUT2D eigenvalue weighted by Crippen LogP contribution is 2.18. The summed E-state index contributed by atoms with van der Waals surface area (Å²) in [7, 11) is 0. The predicted molar refractivity (Wildman–Crippen MR) is 96.6 cm³/mol. The Hall–Kier alpha value is -2.66. The van der Waals surface area contributed by atoms with Gasteiger partial charge in [-0.1, -0.05) is 34.5 Å². The van der Waals surface area contributed by atoms with Gasteiger partial charge in [0.25, 0.3) is 5.91 Å². The molecule has 3 rings (SSSR count). The summed E-state index contributed by atoms with van der Waals surface area (Å²) in [5.74, 6) is 1.01. The van der Waals surface area contributed by atoms with Gasteiger partial charge in [-0.2, -0.15) is 4.98 Å². The lowest BCUT2D eigenvalue weighted by Crippen LogP contribution is -2.24. The monoisotopic (exact) mass is 355 g/mol. The van der Waals surface area contributed by atoms with Gasteiger partial charge >= 0.3 is 0 Å². The third kappa shape index (κ3) is 4.67. The summed E-state index contributed by atoms with van der Waals surface area (Å²) < 4.78 is 5.25. The molecule has 3 aromatic rings. The van der Waals surface area contributed by atoms with E-state index in [9.17, 15) is 4.79 Å². The molecule has 1 N–H and O–H groups in total. The lowest BCUT2D eigenvalue weighted by atomic mass is 10.1. The molecule has 0 fully saturated rings. The maximum Gasteiger partial charge on any atom is 0.251 e. The summed E-state index contributed by atoms with van der Waals surface area (Å²) >= 11 is 5.87. The fourth-order valence-corrected chi connectivity index (χ4v) is 2.45. The highest BCUT2D eigenvalue weighted by atomic mass is 35.5. The molecule has 1 heterocycles. The van der Waals surface area contributed by atoms with Gasteiger partial charge in [-0.3, -0.25) is 4.79 Å². The number of rotatable bonds is 6. The van der Waals surface area contributed by atoms with Crippen LogP contribution < -0.4 is 5.32 Å². The van der Waals surface area contributed by atoms with E-state index < -0.39 is 0 Å². The number of hydrogen-bond donors (Lipinski definition) is 1. The molecule has 1 amide bonds. The van der Waals surface area contributed by atoms with Gasteiger partial charge < -0.3 is 9.84 Å². The molecule has 0 saturated carbocycles. The Morgan fingerprint density at radius 2 is 1.84 bits per heavy atom. The lowest BCUT2D eigenvalue weighted by Gasteiger charge is -2.04. The molecule has 0 aliphatic heterocycles. The van der Waals surface area contributed by atoms with Crippen LogP contribution in [0, 0.1) is 6.92 Å². The van der Waals surface area contributed by atoms with E-state index in [-0.39, 0.29) is 5.91 Å². The van der Waals surface area contributed by atoms with Crippen LogP contribution in [0.2, 0.25) is 5.02 Å². The normalized spacial score (nSPS) is 10.6.